The molecular weight excluding hydrogens is 699 g/mol. The molecule has 0 aliphatic heterocycles. The van der Waals surface area contributed by atoms with Gasteiger partial charge >= 0.3 is 0 Å². The van der Waals surface area contributed by atoms with Crippen LogP contribution >= 0.6 is 0 Å². The number of nitrogens with zero attached hydrogens (tertiary/aromatic N) is 2. The number of ether oxygens (including phenoxy) is 5. The van der Waals surface area contributed by atoms with Crippen molar-refractivity contribution in [1.82, 2.24) is 10.2 Å². The maximum absolute atomic E-state index is 15.0. The van der Waals surface area contributed by atoms with Crippen LogP contribution < -0.4 is 33.3 Å². The van der Waals surface area contributed by atoms with Gasteiger partial charge in [0.05, 0.1) is 46.1 Å². The smallest absolute Gasteiger partial charge is 0.265 e. The van der Waals surface area contributed by atoms with Gasteiger partial charge in [0, 0.05) is 31.1 Å². The lowest BCUT2D eigenvalue weighted by molar-refractivity contribution is -0.140. The Bertz CT molecular complexity index is 1970. The van der Waals surface area contributed by atoms with Gasteiger partial charge in [-0.25, -0.2) is 8.42 Å². The van der Waals surface area contributed by atoms with E-state index < -0.39 is 28.5 Å². The number of benzene rings is 4. The van der Waals surface area contributed by atoms with E-state index in [4.69, 9.17) is 23.7 Å². The Labute approximate surface area is 311 Å². The first-order valence-corrected chi connectivity index (χ1v) is 18.8. The molecule has 0 saturated heterocycles. The largest absolute Gasteiger partial charge is 0.497 e. The van der Waals surface area contributed by atoms with Crippen LogP contribution in [0.1, 0.15) is 36.8 Å². The minimum absolute atomic E-state index is 0.00882. The van der Waals surface area contributed by atoms with E-state index in [2.05, 4.69) is 5.32 Å². The zero-order valence-electron chi connectivity index (χ0n) is 30.7. The first-order valence-electron chi connectivity index (χ1n) is 17.3. The van der Waals surface area contributed by atoms with Gasteiger partial charge in [0.25, 0.3) is 10.0 Å². The predicted octanol–water partition coefficient (Wildman–Crippen LogP) is 5.62. The Morgan fingerprint density at radius 2 is 1.36 bits per heavy atom. The predicted molar refractivity (Wildman–Crippen MR) is 202 cm³/mol. The minimum atomic E-state index is -4.51. The second-order valence-corrected chi connectivity index (χ2v) is 14.5. The quantitative estimate of drug-likeness (QED) is 0.146. The molecule has 1 N–H and O–H groups in total. The lowest BCUT2D eigenvalue weighted by Gasteiger charge is -2.34. The van der Waals surface area contributed by atoms with Crippen LogP contribution in [-0.2, 0) is 32.6 Å². The van der Waals surface area contributed by atoms with Gasteiger partial charge in [-0.3, -0.25) is 13.9 Å². The summed E-state index contributed by atoms with van der Waals surface area (Å²) in [5, 5.41) is 3.19. The summed E-state index contributed by atoms with van der Waals surface area (Å²) in [6.45, 7) is -0.697. The lowest BCUT2D eigenvalue weighted by Crippen LogP contribution is -2.54. The van der Waals surface area contributed by atoms with Crippen LogP contribution in [0.15, 0.2) is 95.9 Å². The molecule has 0 aromatic heterocycles. The number of carbonyl (C=O) groups excluding carboxylic acids is 2. The zero-order valence-corrected chi connectivity index (χ0v) is 31.6. The number of rotatable bonds is 17. The highest BCUT2D eigenvalue weighted by molar-refractivity contribution is 7.92. The molecule has 1 saturated carbocycles. The molecule has 5 rings (SSSR count). The summed E-state index contributed by atoms with van der Waals surface area (Å²) in [6.07, 6.45) is 3.90. The van der Waals surface area contributed by atoms with Crippen molar-refractivity contribution < 1.29 is 41.7 Å². The molecular formula is C40H47N3O9S. The fraction of sp³-hybridized carbons (Fsp3) is 0.350. The number of nitrogens with one attached hydrogen (secondary N) is 1. The maximum atomic E-state index is 15.0. The van der Waals surface area contributed by atoms with Crippen molar-refractivity contribution in [3.8, 4) is 28.7 Å². The molecule has 0 spiro atoms. The Morgan fingerprint density at radius 1 is 0.717 bits per heavy atom. The van der Waals surface area contributed by atoms with E-state index in [1.54, 1.807) is 37.4 Å². The van der Waals surface area contributed by atoms with Crippen molar-refractivity contribution >= 4 is 27.5 Å². The third kappa shape index (κ3) is 9.33. The van der Waals surface area contributed by atoms with E-state index in [1.807, 2.05) is 36.4 Å². The highest BCUT2D eigenvalue weighted by Crippen LogP contribution is 2.38. The average Bonchev–Trinajstić information content (AvgIpc) is 3.71. The van der Waals surface area contributed by atoms with Crippen molar-refractivity contribution in [2.75, 3.05) is 46.4 Å². The monoisotopic (exact) mass is 745 g/mol. The Kier molecular flexibility index (Phi) is 13.1. The third-order valence-corrected chi connectivity index (χ3v) is 11.1. The molecule has 1 aliphatic carbocycles. The fourth-order valence-electron chi connectivity index (χ4n) is 6.50. The minimum Gasteiger partial charge on any atom is -0.497 e. The molecule has 1 fully saturated rings. The summed E-state index contributed by atoms with van der Waals surface area (Å²) >= 11 is 0. The zero-order chi connectivity index (χ0) is 38.0. The van der Waals surface area contributed by atoms with E-state index in [0.29, 0.717) is 22.8 Å². The first kappa shape index (κ1) is 38.8. The number of anilines is 1. The van der Waals surface area contributed by atoms with Gasteiger partial charge in [-0.2, -0.15) is 0 Å². The van der Waals surface area contributed by atoms with Gasteiger partial charge in [-0.15, -0.1) is 0 Å². The highest BCUT2D eigenvalue weighted by Gasteiger charge is 2.37. The first-order chi connectivity index (χ1) is 25.6. The van der Waals surface area contributed by atoms with Crippen molar-refractivity contribution in [3.63, 3.8) is 0 Å². The van der Waals surface area contributed by atoms with Crippen LogP contribution in [0, 0.1) is 0 Å². The van der Waals surface area contributed by atoms with Gasteiger partial charge in [0.1, 0.15) is 29.8 Å². The molecule has 0 bridgehead atoms. The Balaban J connectivity index is 1.65. The van der Waals surface area contributed by atoms with Crippen molar-refractivity contribution in [2.24, 2.45) is 0 Å². The summed E-state index contributed by atoms with van der Waals surface area (Å²) in [4.78, 5) is 30.6. The third-order valence-electron chi connectivity index (χ3n) is 9.34. The molecule has 1 aliphatic rings. The molecule has 282 valence electrons. The second kappa shape index (κ2) is 17.9. The van der Waals surface area contributed by atoms with Gasteiger partial charge in [0.15, 0.2) is 11.5 Å². The summed E-state index contributed by atoms with van der Waals surface area (Å²) in [6, 6.07) is 24.5. The van der Waals surface area contributed by atoms with Gasteiger partial charge in [0.2, 0.25) is 11.8 Å². The number of hydrogen-bond acceptors (Lipinski definition) is 9. The van der Waals surface area contributed by atoms with Crippen LogP contribution in [0.3, 0.4) is 0 Å². The standard InChI is InChI=1S/C40H47N3O9S/c1-48-31-17-11-14-29(22-31)26-42(35(23-28-12-7-6-8-13-28)40(45)41-30-15-9-10-16-30)39(44)27-43(34-24-32(49-2)18-20-36(34)50-3)53(46,47)33-19-21-37(51-4)38(25-33)52-5/h6-8,11-14,17-22,24-25,30,35H,9-10,15-16,23,26-27H2,1-5H3,(H,41,45)/t35-/m1/s1. The molecule has 4 aromatic carbocycles. The Hall–Kier alpha value is -5.43. The van der Waals surface area contributed by atoms with Crippen LogP contribution in [0.5, 0.6) is 28.7 Å². The number of hydrogen-bond donors (Lipinski definition) is 1. The highest BCUT2D eigenvalue weighted by atomic mass is 32.2. The molecule has 4 aromatic rings. The summed E-state index contributed by atoms with van der Waals surface area (Å²) in [5.41, 5.74) is 1.59. The number of carbonyl (C=O) groups is 2. The van der Waals surface area contributed by atoms with Crippen molar-refractivity contribution in [1.29, 1.82) is 0 Å². The SMILES string of the molecule is COc1cccc(CN(C(=O)CN(c2cc(OC)ccc2OC)S(=O)(=O)c2ccc(OC)c(OC)c2)[C@H](Cc2ccccc2)C(=O)NC2CCCC2)c1. The number of methoxy groups -OCH3 is 5. The van der Waals surface area contributed by atoms with Crippen LogP contribution in [0.4, 0.5) is 5.69 Å². The van der Waals surface area contributed by atoms with E-state index in [1.165, 1.54) is 57.6 Å². The van der Waals surface area contributed by atoms with Crippen LogP contribution in [0.25, 0.3) is 0 Å². The summed E-state index contributed by atoms with van der Waals surface area (Å²) < 4.78 is 57.9. The second-order valence-electron chi connectivity index (χ2n) is 12.6. The van der Waals surface area contributed by atoms with Gasteiger partial charge in [-0.05, 0) is 60.4 Å². The molecule has 13 heteroatoms. The molecule has 1 atom stereocenters. The van der Waals surface area contributed by atoms with Crippen LogP contribution in [0.2, 0.25) is 0 Å². The molecule has 0 unspecified atom stereocenters. The van der Waals surface area contributed by atoms with Gasteiger partial charge < -0.3 is 33.9 Å². The van der Waals surface area contributed by atoms with E-state index >= 15 is 4.79 Å². The van der Waals surface area contributed by atoms with Crippen molar-refractivity contribution in [3.05, 3.63) is 102 Å². The van der Waals surface area contributed by atoms with E-state index in [9.17, 15) is 13.2 Å². The Morgan fingerprint density at radius 3 is 2.02 bits per heavy atom. The molecule has 0 radical (unpaired) electrons. The summed E-state index contributed by atoms with van der Waals surface area (Å²) in [7, 11) is 2.75. The number of sulfonamides is 1. The van der Waals surface area contributed by atoms with Gasteiger partial charge in [-0.1, -0.05) is 55.3 Å². The number of amides is 2. The maximum Gasteiger partial charge on any atom is 0.265 e. The summed E-state index contributed by atoms with van der Waals surface area (Å²) in [5.74, 6) is 0.671. The van der Waals surface area contributed by atoms with E-state index in [0.717, 1.165) is 35.6 Å². The van der Waals surface area contributed by atoms with Crippen LogP contribution in [-0.4, -0.2) is 79.3 Å². The average molecular weight is 746 g/mol. The molecule has 12 nitrogen and oxygen atoms in total. The lowest BCUT2D eigenvalue weighted by atomic mass is 10.0. The normalized spacial score (nSPS) is 13.5. The molecule has 2 amide bonds. The van der Waals surface area contributed by atoms with Crippen molar-refractivity contribution in [2.45, 2.75) is 55.6 Å². The van der Waals surface area contributed by atoms with E-state index in [-0.39, 0.29) is 47.0 Å². The molecule has 0 heterocycles. The molecule has 53 heavy (non-hydrogen) atoms. The fourth-order valence-corrected chi connectivity index (χ4v) is 7.93. The topological polar surface area (TPSA) is 133 Å².